The SMILES string of the molecule is Nc1ccc2c(c1)c1ncccc1n2-c1ccc(-c2ccc(-n3c4ccc(-n5c6ccc(N)cc6c6ncccc65)cc4c4ncccc43)cc2)cc1.O=S. The number of hydrogen-bond donors (Lipinski definition) is 2. The molecule has 9 nitrogen and oxygen atoms in total. The zero-order valence-corrected chi connectivity index (χ0v) is 30.0. The van der Waals surface area contributed by atoms with Crippen LogP contribution in [0.1, 0.15) is 0 Å². The summed E-state index contributed by atoms with van der Waals surface area (Å²) in [6, 6.07) is 48.4. The third-order valence-corrected chi connectivity index (χ3v) is 10.4. The summed E-state index contributed by atoms with van der Waals surface area (Å²) in [5, 5.41) is 3.16. The Hall–Kier alpha value is -7.43. The maximum absolute atomic E-state index is 7.83. The Kier molecular flexibility index (Phi) is 7.39. The third-order valence-electron chi connectivity index (χ3n) is 10.4. The zero-order chi connectivity index (χ0) is 37.2. The van der Waals surface area contributed by atoms with Crippen molar-refractivity contribution in [1.29, 1.82) is 0 Å². The van der Waals surface area contributed by atoms with Gasteiger partial charge in [-0.15, -0.1) is 0 Å². The van der Waals surface area contributed by atoms with Crippen molar-refractivity contribution in [2.75, 3.05) is 11.5 Å². The summed E-state index contributed by atoms with van der Waals surface area (Å²) >= 11 is 2.83. The van der Waals surface area contributed by atoms with Crippen LogP contribution in [-0.4, -0.2) is 32.9 Å². The Morgan fingerprint density at radius 2 is 0.727 bits per heavy atom. The summed E-state index contributed by atoms with van der Waals surface area (Å²) in [7, 11) is 0. The molecule has 0 aliphatic heterocycles. The van der Waals surface area contributed by atoms with Gasteiger partial charge in [0, 0.05) is 63.2 Å². The monoisotopic (exact) mass is 730 g/mol. The topological polar surface area (TPSA) is 123 Å². The van der Waals surface area contributed by atoms with Crippen molar-refractivity contribution in [3.8, 4) is 28.2 Å². The van der Waals surface area contributed by atoms with Crippen LogP contribution < -0.4 is 11.5 Å². The molecule has 11 rings (SSSR count). The lowest BCUT2D eigenvalue weighted by Gasteiger charge is -2.12. The van der Waals surface area contributed by atoms with Gasteiger partial charge in [0.25, 0.3) is 0 Å². The molecular formula is C45H30N8OS. The molecule has 0 radical (unpaired) electrons. The van der Waals surface area contributed by atoms with Crippen LogP contribution in [0.2, 0.25) is 0 Å². The summed E-state index contributed by atoms with van der Waals surface area (Å²) in [5.41, 5.74) is 28.5. The van der Waals surface area contributed by atoms with Crippen LogP contribution in [0.3, 0.4) is 0 Å². The predicted octanol–water partition coefficient (Wildman–Crippen LogP) is 9.66. The second-order valence-electron chi connectivity index (χ2n) is 13.5. The van der Waals surface area contributed by atoms with E-state index in [9.17, 15) is 0 Å². The van der Waals surface area contributed by atoms with Gasteiger partial charge in [0.1, 0.15) is 0 Å². The first-order valence-electron chi connectivity index (χ1n) is 17.7. The molecule has 6 heterocycles. The molecule has 0 atom stereocenters. The van der Waals surface area contributed by atoms with Gasteiger partial charge >= 0.3 is 0 Å². The van der Waals surface area contributed by atoms with Crippen molar-refractivity contribution in [1.82, 2.24) is 28.7 Å². The minimum atomic E-state index is 0.719. The van der Waals surface area contributed by atoms with Gasteiger partial charge in [0.2, 0.25) is 0 Å². The second-order valence-corrected chi connectivity index (χ2v) is 13.5. The van der Waals surface area contributed by atoms with E-state index < -0.39 is 0 Å². The molecule has 262 valence electrons. The molecule has 6 aromatic heterocycles. The molecule has 0 saturated heterocycles. The highest BCUT2D eigenvalue weighted by Crippen LogP contribution is 2.37. The molecule has 55 heavy (non-hydrogen) atoms. The molecule has 0 saturated carbocycles. The van der Waals surface area contributed by atoms with Crippen LogP contribution in [0.5, 0.6) is 0 Å². The van der Waals surface area contributed by atoms with Gasteiger partial charge in [0.05, 0.1) is 49.7 Å². The van der Waals surface area contributed by atoms with Crippen molar-refractivity contribution in [3.63, 3.8) is 0 Å². The summed E-state index contributed by atoms with van der Waals surface area (Å²) in [6.45, 7) is 0. The van der Waals surface area contributed by atoms with E-state index >= 15 is 0 Å². The number of rotatable bonds is 4. The first-order valence-corrected chi connectivity index (χ1v) is 18.0. The lowest BCUT2D eigenvalue weighted by molar-refractivity contribution is 0.702. The van der Waals surface area contributed by atoms with Gasteiger partial charge in [-0.2, -0.15) is 4.21 Å². The molecule has 5 aromatic carbocycles. The smallest absolute Gasteiger partial charge is 0.197 e. The molecule has 0 fully saturated rings. The molecule has 0 unspecified atom stereocenters. The molecule has 0 aliphatic rings. The Bertz CT molecular complexity index is 3270. The number of nitrogens with zero attached hydrogens (tertiary/aromatic N) is 6. The molecule has 0 amide bonds. The molecule has 0 spiro atoms. The Morgan fingerprint density at radius 1 is 0.382 bits per heavy atom. The molecule has 11 aromatic rings. The maximum atomic E-state index is 7.83. The number of nitrogens with two attached hydrogens (primary N) is 2. The largest absolute Gasteiger partial charge is 0.399 e. The standard InChI is InChI=1S/C45H30N8.OS/c46-29-11-18-37-34(24-29)43-40(4-1-21-48-43)51(37)31-13-7-27(8-14-31)28-9-15-32(16-10-28)52-39-20-17-33(26-36(39)45-41(52)5-2-23-50-45)53-38-19-12-30(47)25-35(38)44-42(53)6-3-22-49-44;1-2/h1-26H,46-47H2;. The number of fused-ring (bicyclic) bond motifs is 9. The fraction of sp³-hybridized carbons (Fsp3) is 0. The van der Waals surface area contributed by atoms with E-state index in [-0.39, 0.29) is 0 Å². The van der Waals surface area contributed by atoms with Gasteiger partial charge in [-0.05, 0) is 126 Å². The lowest BCUT2D eigenvalue weighted by Crippen LogP contribution is -1.96. The van der Waals surface area contributed by atoms with Crippen LogP contribution in [0.15, 0.2) is 158 Å². The Labute approximate surface area is 319 Å². The van der Waals surface area contributed by atoms with Crippen molar-refractivity contribution in [2.45, 2.75) is 0 Å². The quantitative estimate of drug-likeness (QED) is 0.173. The van der Waals surface area contributed by atoms with E-state index in [1.54, 1.807) is 0 Å². The number of aromatic nitrogens is 6. The van der Waals surface area contributed by atoms with Gasteiger partial charge in [-0.3, -0.25) is 15.0 Å². The van der Waals surface area contributed by atoms with Crippen molar-refractivity contribution in [3.05, 3.63) is 158 Å². The highest BCUT2D eigenvalue weighted by Gasteiger charge is 2.18. The molecular weight excluding hydrogens is 701 g/mol. The van der Waals surface area contributed by atoms with Crippen LogP contribution in [0.25, 0.3) is 94.0 Å². The summed E-state index contributed by atoms with van der Waals surface area (Å²) < 4.78 is 14.6. The summed E-state index contributed by atoms with van der Waals surface area (Å²) in [4.78, 5) is 14.3. The molecule has 0 aliphatic carbocycles. The second kappa shape index (κ2) is 12.6. The number of nitrogen functional groups attached to an aromatic ring is 2. The van der Waals surface area contributed by atoms with Crippen LogP contribution in [0.4, 0.5) is 11.4 Å². The van der Waals surface area contributed by atoms with Crippen molar-refractivity contribution in [2.24, 2.45) is 0 Å². The number of pyridine rings is 3. The maximum Gasteiger partial charge on any atom is 0.197 e. The molecule has 10 heteroatoms. The molecule has 0 bridgehead atoms. The minimum Gasteiger partial charge on any atom is -0.399 e. The van der Waals surface area contributed by atoms with Crippen LogP contribution in [0, 0.1) is 0 Å². The summed E-state index contributed by atoms with van der Waals surface area (Å²) in [5.74, 6) is 0. The molecule has 4 N–H and O–H groups in total. The third kappa shape index (κ3) is 4.96. The van der Waals surface area contributed by atoms with Crippen molar-refractivity contribution < 1.29 is 4.21 Å². The van der Waals surface area contributed by atoms with E-state index in [0.29, 0.717) is 0 Å². The number of hydrogen-bond acceptors (Lipinski definition) is 7. The van der Waals surface area contributed by atoms with Crippen LogP contribution >= 0.6 is 0 Å². The lowest BCUT2D eigenvalue weighted by atomic mass is 10.0. The van der Waals surface area contributed by atoms with Crippen LogP contribution in [-0.2, 0) is 12.5 Å². The fourth-order valence-corrected chi connectivity index (χ4v) is 8.11. The van der Waals surface area contributed by atoms with Gasteiger partial charge in [0.15, 0.2) is 12.5 Å². The first kappa shape index (κ1) is 32.2. The van der Waals surface area contributed by atoms with E-state index in [0.717, 1.165) is 105 Å². The Morgan fingerprint density at radius 3 is 1.15 bits per heavy atom. The Balaban J connectivity index is 0.00000183. The van der Waals surface area contributed by atoms with Gasteiger partial charge in [-0.25, -0.2) is 0 Å². The number of benzene rings is 5. The zero-order valence-electron chi connectivity index (χ0n) is 29.2. The van der Waals surface area contributed by atoms with E-state index in [1.807, 2.05) is 61.1 Å². The van der Waals surface area contributed by atoms with E-state index in [4.69, 9.17) is 25.6 Å². The highest BCUT2D eigenvalue weighted by molar-refractivity contribution is 7.44. The van der Waals surface area contributed by atoms with Gasteiger partial charge in [-0.1, -0.05) is 24.3 Å². The van der Waals surface area contributed by atoms with E-state index in [1.165, 1.54) is 0 Å². The average Bonchev–Trinajstić information content (AvgIpc) is 3.87. The van der Waals surface area contributed by atoms with Crippen molar-refractivity contribution >= 4 is 89.7 Å². The highest BCUT2D eigenvalue weighted by atomic mass is 32.1. The minimum absolute atomic E-state index is 0.719. The average molecular weight is 731 g/mol. The predicted molar refractivity (Wildman–Crippen MR) is 225 cm³/mol. The normalized spacial score (nSPS) is 11.6. The fourth-order valence-electron chi connectivity index (χ4n) is 8.11. The summed E-state index contributed by atoms with van der Waals surface area (Å²) in [6.07, 6.45) is 5.53. The van der Waals surface area contributed by atoms with Gasteiger partial charge < -0.3 is 25.2 Å². The van der Waals surface area contributed by atoms with E-state index in [2.05, 4.69) is 128 Å². The number of anilines is 2. The first-order chi connectivity index (χ1) is 27.1.